The van der Waals surface area contributed by atoms with Gasteiger partial charge in [0.25, 0.3) is 10.0 Å². The van der Waals surface area contributed by atoms with Gasteiger partial charge in [-0.3, -0.25) is 0 Å². The molecule has 0 fully saturated rings. The van der Waals surface area contributed by atoms with E-state index in [-0.39, 0.29) is 10.7 Å². The average Bonchev–Trinajstić information content (AvgIpc) is 2.84. The van der Waals surface area contributed by atoms with Crippen LogP contribution in [0.3, 0.4) is 0 Å². The number of halogens is 1. The Morgan fingerprint density at radius 1 is 1.04 bits per heavy atom. The first-order chi connectivity index (χ1) is 12.4. The number of anilines is 1. The minimum absolute atomic E-state index is 0.0486. The first kappa shape index (κ1) is 17.9. The van der Waals surface area contributed by atoms with Gasteiger partial charge in [-0.05, 0) is 36.8 Å². The fourth-order valence-electron chi connectivity index (χ4n) is 2.65. The number of methoxy groups -OCH3 is 2. The summed E-state index contributed by atoms with van der Waals surface area (Å²) in [6.45, 7) is 1.64. The van der Waals surface area contributed by atoms with Crippen molar-refractivity contribution in [2.24, 2.45) is 4.40 Å². The maximum atomic E-state index is 13.1. The molecule has 2 aromatic rings. The van der Waals surface area contributed by atoms with Crippen LogP contribution < -0.4 is 14.8 Å². The summed E-state index contributed by atoms with van der Waals surface area (Å²) in [7, 11) is -0.848. The van der Waals surface area contributed by atoms with Crippen molar-refractivity contribution in [3.05, 3.63) is 59.4 Å². The van der Waals surface area contributed by atoms with Crippen molar-refractivity contribution in [2.45, 2.75) is 6.92 Å². The third-order valence-electron chi connectivity index (χ3n) is 3.93. The molecule has 0 spiro atoms. The van der Waals surface area contributed by atoms with Crippen molar-refractivity contribution in [2.75, 3.05) is 19.5 Å². The molecular formula is C18H17FN2O4S. The van der Waals surface area contributed by atoms with Gasteiger partial charge in [0.2, 0.25) is 0 Å². The van der Waals surface area contributed by atoms with Gasteiger partial charge in [0.1, 0.15) is 28.1 Å². The molecule has 26 heavy (non-hydrogen) atoms. The van der Waals surface area contributed by atoms with Crippen LogP contribution in [0.15, 0.2) is 52.4 Å². The summed E-state index contributed by atoms with van der Waals surface area (Å²) in [6, 6.07) is 10.3. The summed E-state index contributed by atoms with van der Waals surface area (Å²) >= 11 is 0. The number of amidine groups is 1. The molecule has 0 bridgehead atoms. The number of hydrogen-bond acceptors (Lipinski definition) is 5. The topological polar surface area (TPSA) is 77.0 Å². The van der Waals surface area contributed by atoms with Crippen LogP contribution in [0.4, 0.5) is 10.1 Å². The number of nitrogens with zero attached hydrogens (tertiary/aromatic N) is 1. The molecule has 1 heterocycles. The van der Waals surface area contributed by atoms with Crippen LogP contribution in [0.5, 0.6) is 11.5 Å². The average molecular weight is 376 g/mol. The number of sulfonamides is 1. The maximum Gasteiger partial charge on any atom is 0.285 e. The normalized spacial score (nSPS) is 15.6. The molecule has 1 N–H and O–H groups in total. The summed E-state index contributed by atoms with van der Waals surface area (Å²) in [5.74, 6) is 0.831. The van der Waals surface area contributed by atoms with E-state index in [1.54, 1.807) is 25.1 Å². The van der Waals surface area contributed by atoms with E-state index in [9.17, 15) is 12.8 Å². The molecule has 1 aliphatic rings. The highest BCUT2D eigenvalue weighted by molar-refractivity contribution is 8.00. The summed E-state index contributed by atoms with van der Waals surface area (Å²) in [5, 5.41) is 2.99. The first-order valence-electron chi connectivity index (χ1n) is 7.67. The van der Waals surface area contributed by atoms with Crippen LogP contribution >= 0.6 is 0 Å². The van der Waals surface area contributed by atoms with Crippen LogP contribution in [0.25, 0.3) is 4.91 Å². The summed E-state index contributed by atoms with van der Waals surface area (Å²) in [4.78, 5) is 0.0486. The van der Waals surface area contributed by atoms with Crippen molar-refractivity contribution in [1.29, 1.82) is 0 Å². The Morgan fingerprint density at radius 3 is 2.35 bits per heavy atom. The summed E-state index contributed by atoms with van der Waals surface area (Å²) < 4.78 is 52.4. The molecule has 1 aliphatic heterocycles. The second kappa shape index (κ2) is 6.80. The highest BCUT2D eigenvalue weighted by atomic mass is 32.2. The van der Waals surface area contributed by atoms with E-state index >= 15 is 0 Å². The van der Waals surface area contributed by atoms with E-state index in [1.165, 1.54) is 38.5 Å². The van der Waals surface area contributed by atoms with E-state index < -0.39 is 15.8 Å². The highest BCUT2D eigenvalue weighted by Gasteiger charge is 2.31. The Morgan fingerprint density at radius 2 is 1.73 bits per heavy atom. The quantitative estimate of drug-likeness (QED) is 0.885. The Balaban J connectivity index is 2.00. The number of hydrogen-bond donors (Lipinski definition) is 1. The fraction of sp³-hybridized carbons (Fsp3) is 0.167. The zero-order valence-electron chi connectivity index (χ0n) is 14.4. The predicted molar refractivity (Wildman–Crippen MR) is 98.5 cm³/mol. The van der Waals surface area contributed by atoms with Gasteiger partial charge in [0.15, 0.2) is 0 Å². The zero-order valence-corrected chi connectivity index (χ0v) is 15.2. The second-order valence-electron chi connectivity index (χ2n) is 5.57. The molecule has 8 heteroatoms. The molecule has 0 amide bonds. The van der Waals surface area contributed by atoms with Gasteiger partial charge in [-0.1, -0.05) is 12.1 Å². The van der Waals surface area contributed by atoms with E-state index in [0.29, 0.717) is 28.3 Å². The largest absolute Gasteiger partial charge is 0.497 e. The van der Waals surface area contributed by atoms with Gasteiger partial charge < -0.3 is 14.8 Å². The van der Waals surface area contributed by atoms with Gasteiger partial charge in [-0.15, -0.1) is 4.40 Å². The first-order valence-corrected chi connectivity index (χ1v) is 9.11. The third kappa shape index (κ3) is 3.28. The number of ether oxygens (including phenoxy) is 2. The predicted octanol–water partition coefficient (Wildman–Crippen LogP) is 3.43. The summed E-state index contributed by atoms with van der Waals surface area (Å²) in [5.41, 5.74) is 1.36. The van der Waals surface area contributed by atoms with Gasteiger partial charge in [-0.2, -0.15) is 8.42 Å². The lowest BCUT2D eigenvalue weighted by atomic mass is 10.1. The van der Waals surface area contributed by atoms with Crippen LogP contribution in [0.2, 0.25) is 0 Å². The molecule has 2 aromatic carbocycles. The van der Waals surface area contributed by atoms with Gasteiger partial charge >= 0.3 is 0 Å². The van der Waals surface area contributed by atoms with E-state index in [4.69, 9.17) is 9.47 Å². The summed E-state index contributed by atoms with van der Waals surface area (Å²) in [6.07, 6.45) is 0. The van der Waals surface area contributed by atoms with Crippen LogP contribution in [-0.2, 0) is 10.0 Å². The zero-order chi connectivity index (χ0) is 18.9. The van der Waals surface area contributed by atoms with Crippen molar-refractivity contribution < 1.29 is 22.3 Å². The maximum absolute atomic E-state index is 13.1. The van der Waals surface area contributed by atoms with E-state index in [1.807, 2.05) is 0 Å². The Kier molecular flexibility index (Phi) is 4.69. The van der Waals surface area contributed by atoms with Gasteiger partial charge in [-0.25, -0.2) is 4.39 Å². The van der Waals surface area contributed by atoms with Crippen LogP contribution in [0.1, 0.15) is 12.5 Å². The lowest BCUT2D eigenvalue weighted by molar-refractivity contribution is 0.395. The van der Waals surface area contributed by atoms with Crippen molar-refractivity contribution in [3.8, 4) is 11.5 Å². The lowest BCUT2D eigenvalue weighted by Gasteiger charge is -2.12. The molecule has 0 aliphatic carbocycles. The molecule has 0 radical (unpaired) electrons. The number of benzene rings is 2. The fourth-order valence-corrected chi connectivity index (χ4v) is 4.08. The standard InChI is InChI=1S/C18H17FN2O4S/c1-11-17(12-4-6-13(19)7-5-12)26(22,23)21-18(11)20-15-9-8-14(24-2)10-16(15)25-3/h4-10H,1-3H3,(H,20,21). The van der Waals surface area contributed by atoms with Crippen molar-refractivity contribution >= 4 is 26.5 Å². The molecule has 6 nitrogen and oxygen atoms in total. The van der Waals surface area contributed by atoms with Crippen molar-refractivity contribution in [1.82, 2.24) is 0 Å². The molecule has 0 saturated heterocycles. The van der Waals surface area contributed by atoms with Crippen LogP contribution in [0, 0.1) is 5.82 Å². The highest BCUT2D eigenvalue weighted by Crippen LogP contribution is 2.35. The van der Waals surface area contributed by atoms with Crippen molar-refractivity contribution in [3.63, 3.8) is 0 Å². The molecule has 0 atom stereocenters. The molecule has 3 rings (SSSR count). The lowest BCUT2D eigenvalue weighted by Crippen LogP contribution is -2.12. The molecule has 0 aromatic heterocycles. The molecular weight excluding hydrogens is 359 g/mol. The number of rotatable bonds is 4. The van der Waals surface area contributed by atoms with Gasteiger partial charge in [0, 0.05) is 11.6 Å². The molecule has 136 valence electrons. The molecule has 0 saturated carbocycles. The Labute approximate surface area is 151 Å². The smallest absolute Gasteiger partial charge is 0.285 e. The minimum Gasteiger partial charge on any atom is -0.497 e. The SMILES string of the molecule is COc1ccc(NC2=NS(=O)(=O)C(c3ccc(F)cc3)=C2C)c(OC)c1. The minimum atomic E-state index is -3.89. The van der Waals surface area contributed by atoms with Gasteiger partial charge in [0.05, 0.1) is 19.9 Å². The third-order valence-corrected chi connectivity index (χ3v) is 5.41. The monoisotopic (exact) mass is 376 g/mol. The molecule has 0 unspecified atom stereocenters. The van der Waals surface area contributed by atoms with E-state index in [2.05, 4.69) is 9.71 Å². The number of nitrogens with one attached hydrogen (secondary N) is 1. The van der Waals surface area contributed by atoms with Crippen LogP contribution in [-0.4, -0.2) is 28.5 Å². The van der Waals surface area contributed by atoms with E-state index in [0.717, 1.165) is 0 Å². The second-order valence-corrected chi connectivity index (χ2v) is 7.11. The Hall–Kier alpha value is -2.87. The Bertz CT molecular complexity index is 1010.